The molecule has 144 valence electrons. The number of carbonyl (C=O) groups excluding carboxylic acids is 3. The number of rotatable bonds is 5. The number of nitrogens with zero attached hydrogens (tertiary/aromatic N) is 3. The van der Waals surface area contributed by atoms with Crippen molar-refractivity contribution in [2.75, 3.05) is 24.7 Å². The van der Waals surface area contributed by atoms with Crippen molar-refractivity contribution in [2.45, 2.75) is 25.8 Å². The van der Waals surface area contributed by atoms with Crippen LogP contribution in [0, 0.1) is 0 Å². The van der Waals surface area contributed by atoms with Crippen LogP contribution < -0.4 is 4.90 Å². The zero-order valence-electron chi connectivity index (χ0n) is 15.7. The lowest BCUT2D eigenvalue weighted by Gasteiger charge is -2.19. The quantitative estimate of drug-likeness (QED) is 0.802. The molecule has 0 unspecified atom stereocenters. The lowest BCUT2D eigenvalue weighted by atomic mass is 10.1. The van der Waals surface area contributed by atoms with Gasteiger partial charge >= 0.3 is 0 Å². The highest BCUT2D eigenvalue weighted by Gasteiger charge is 2.30. The zero-order valence-corrected chi connectivity index (χ0v) is 15.7. The van der Waals surface area contributed by atoms with Gasteiger partial charge in [0.1, 0.15) is 6.54 Å². The lowest BCUT2D eigenvalue weighted by molar-refractivity contribution is -0.131. The second kappa shape index (κ2) is 7.84. The van der Waals surface area contributed by atoms with Gasteiger partial charge in [-0.1, -0.05) is 42.5 Å². The Balaban J connectivity index is 1.39. The normalized spacial score (nSPS) is 16.9. The summed E-state index contributed by atoms with van der Waals surface area (Å²) in [4.78, 5) is 42.0. The zero-order chi connectivity index (χ0) is 19.5. The molecule has 2 heterocycles. The maximum Gasteiger partial charge on any atom is 0.243 e. The van der Waals surface area contributed by atoms with Crippen molar-refractivity contribution in [3.05, 3.63) is 65.7 Å². The highest BCUT2D eigenvalue weighted by molar-refractivity contribution is 5.95. The van der Waals surface area contributed by atoms with Crippen LogP contribution in [0.25, 0.3) is 0 Å². The number of hydrogen-bond acceptors (Lipinski definition) is 3. The van der Waals surface area contributed by atoms with E-state index in [1.807, 2.05) is 54.6 Å². The minimum atomic E-state index is -0.0752. The van der Waals surface area contributed by atoms with Gasteiger partial charge in [-0.2, -0.15) is 0 Å². The molecule has 6 nitrogen and oxygen atoms in total. The monoisotopic (exact) mass is 377 g/mol. The van der Waals surface area contributed by atoms with Gasteiger partial charge in [-0.3, -0.25) is 14.4 Å². The van der Waals surface area contributed by atoms with Gasteiger partial charge in [0.2, 0.25) is 17.7 Å². The second-order valence-corrected chi connectivity index (χ2v) is 7.31. The van der Waals surface area contributed by atoms with E-state index in [0.717, 1.165) is 29.8 Å². The van der Waals surface area contributed by atoms with E-state index < -0.39 is 0 Å². The highest BCUT2D eigenvalue weighted by Crippen LogP contribution is 2.23. The van der Waals surface area contributed by atoms with Crippen molar-refractivity contribution in [2.24, 2.45) is 0 Å². The summed E-state index contributed by atoms with van der Waals surface area (Å²) in [7, 11) is 0. The average molecular weight is 377 g/mol. The first-order valence-electron chi connectivity index (χ1n) is 9.59. The first-order valence-corrected chi connectivity index (χ1v) is 9.59. The van der Waals surface area contributed by atoms with Crippen LogP contribution in [-0.4, -0.2) is 47.3 Å². The summed E-state index contributed by atoms with van der Waals surface area (Å²) < 4.78 is 0. The molecule has 3 amide bonds. The highest BCUT2D eigenvalue weighted by atomic mass is 16.2. The Morgan fingerprint density at radius 1 is 0.929 bits per heavy atom. The summed E-state index contributed by atoms with van der Waals surface area (Å²) in [6.45, 7) is 1.67. The number of hydrogen-bond donors (Lipinski definition) is 0. The van der Waals surface area contributed by atoms with Crippen LogP contribution in [0.1, 0.15) is 24.0 Å². The largest absolute Gasteiger partial charge is 0.319 e. The van der Waals surface area contributed by atoms with Crippen LogP contribution >= 0.6 is 0 Å². The maximum absolute atomic E-state index is 12.7. The Labute approximate surface area is 164 Å². The van der Waals surface area contributed by atoms with Crippen molar-refractivity contribution in [1.82, 2.24) is 9.80 Å². The minimum Gasteiger partial charge on any atom is -0.319 e. The summed E-state index contributed by atoms with van der Waals surface area (Å²) in [5, 5.41) is 0. The molecule has 0 radical (unpaired) electrons. The van der Waals surface area contributed by atoms with E-state index in [2.05, 4.69) is 0 Å². The Morgan fingerprint density at radius 2 is 1.71 bits per heavy atom. The van der Waals surface area contributed by atoms with Crippen molar-refractivity contribution in [3.63, 3.8) is 0 Å². The molecule has 6 heteroatoms. The van der Waals surface area contributed by atoms with Gasteiger partial charge in [0.15, 0.2) is 0 Å². The Bertz CT molecular complexity index is 897. The molecule has 0 aromatic heterocycles. The fourth-order valence-corrected chi connectivity index (χ4v) is 3.75. The van der Waals surface area contributed by atoms with E-state index >= 15 is 0 Å². The van der Waals surface area contributed by atoms with E-state index in [0.29, 0.717) is 19.6 Å². The minimum absolute atomic E-state index is 0.0337. The molecular weight excluding hydrogens is 354 g/mol. The van der Waals surface area contributed by atoms with Crippen LogP contribution in [-0.2, 0) is 27.3 Å². The van der Waals surface area contributed by atoms with E-state index in [4.69, 9.17) is 0 Å². The van der Waals surface area contributed by atoms with E-state index in [1.165, 1.54) is 0 Å². The molecule has 0 spiro atoms. The topological polar surface area (TPSA) is 60.9 Å². The summed E-state index contributed by atoms with van der Waals surface area (Å²) >= 11 is 0. The third kappa shape index (κ3) is 3.91. The van der Waals surface area contributed by atoms with Gasteiger partial charge in [-0.25, -0.2) is 0 Å². The van der Waals surface area contributed by atoms with Gasteiger partial charge in [-0.15, -0.1) is 0 Å². The first kappa shape index (κ1) is 18.2. The molecule has 0 aliphatic carbocycles. The van der Waals surface area contributed by atoms with Crippen molar-refractivity contribution in [1.29, 1.82) is 0 Å². The molecule has 28 heavy (non-hydrogen) atoms. The molecule has 0 saturated carbocycles. The molecule has 2 saturated heterocycles. The first-order chi connectivity index (χ1) is 13.6. The van der Waals surface area contributed by atoms with Gasteiger partial charge in [0.05, 0.1) is 13.1 Å². The summed E-state index contributed by atoms with van der Waals surface area (Å²) in [5.74, 6) is 0.0209. The number of anilines is 1. The fraction of sp³-hybridized carbons (Fsp3) is 0.318. The molecule has 2 aliphatic rings. The Kier molecular flexibility index (Phi) is 5.10. The summed E-state index contributed by atoms with van der Waals surface area (Å²) in [5.41, 5.74) is 2.75. The smallest absolute Gasteiger partial charge is 0.243 e. The standard InChI is InChI=1S/C22H23N3O3/c26-20-10-5-11-25(20)19-9-4-8-18(12-19)13-21(27)24-15-22(28)23(16-24)14-17-6-2-1-3-7-17/h1-4,6-9,12H,5,10-11,13-16H2. The molecule has 0 bridgehead atoms. The lowest BCUT2D eigenvalue weighted by Crippen LogP contribution is -2.32. The van der Waals surface area contributed by atoms with Crippen LogP contribution in [0.5, 0.6) is 0 Å². The van der Waals surface area contributed by atoms with Crippen molar-refractivity contribution >= 4 is 23.4 Å². The average Bonchev–Trinajstić information content (AvgIpc) is 3.29. The Morgan fingerprint density at radius 3 is 2.46 bits per heavy atom. The fourth-order valence-electron chi connectivity index (χ4n) is 3.75. The predicted octanol–water partition coefficient (Wildman–Crippen LogP) is 2.18. The maximum atomic E-state index is 12.7. The number of carbonyl (C=O) groups is 3. The molecule has 2 aromatic rings. The summed E-state index contributed by atoms with van der Waals surface area (Å²) in [6, 6.07) is 17.3. The molecule has 0 N–H and O–H groups in total. The molecule has 2 aliphatic heterocycles. The molecular formula is C22H23N3O3. The second-order valence-electron chi connectivity index (χ2n) is 7.31. The van der Waals surface area contributed by atoms with Crippen LogP contribution in [0.3, 0.4) is 0 Å². The number of benzene rings is 2. The van der Waals surface area contributed by atoms with E-state index in [1.54, 1.807) is 14.7 Å². The van der Waals surface area contributed by atoms with Gasteiger partial charge in [0.25, 0.3) is 0 Å². The molecule has 0 atom stereocenters. The number of amides is 3. The third-order valence-corrected chi connectivity index (χ3v) is 5.24. The predicted molar refractivity (Wildman–Crippen MR) is 105 cm³/mol. The Hall–Kier alpha value is -3.15. The molecule has 4 rings (SSSR count). The van der Waals surface area contributed by atoms with Gasteiger partial charge in [-0.05, 0) is 29.7 Å². The summed E-state index contributed by atoms with van der Waals surface area (Å²) in [6.07, 6.45) is 1.67. The van der Waals surface area contributed by atoms with E-state index in [9.17, 15) is 14.4 Å². The van der Waals surface area contributed by atoms with Crippen molar-refractivity contribution in [3.8, 4) is 0 Å². The van der Waals surface area contributed by atoms with E-state index in [-0.39, 0.29) is 30.7 Å². The van der Waals surface area contributed by atoms with Crippen molar-refractivity contribution < 1.29 is 14.4 Å². The molecule has 2 aromatic carbocycles. The van der Waals surface area contributed by atoms with Crippen LogP contribution in [0.2, 0.25) is 0 Å². The van der Waals surface area contributed by atoms with Crippen LogP contribution in [0.15, 0.2) is 54.6 Å². The SMILES string of the molecule is O=C(Cc1cccc(N2CCCC2=O)c1)N1CC(=O)N(Cc2ccccc2)C1. The molecule has 2 fully saturated rings. The van der Waals surface area contributed by atoms with Gasteiger partial charge in [0, 0.05) is 25.2 Å². The van der Waals surface area contributed by atoms with Gasteiger partial charge < -0.3 is 14.7 Å². The van der Waals surface area contributed by atoms with Crippen LogP contribution in [0.4, 0.5) is 5.69 Å². The third-order valence-electron chi connectivity index (χ3n) is 5.24.